The van der Waals surface area contributed by atoms with Crippen molar-refractivity contribution in [1.29, 1.82) is 0 Å². The van der Waals surface area contributed by atoms with E-state index in [1.165, 1.54) is 6.07 Å². The third kappa shape index (κ3) is 5.42. The number of nitrogens with zero attached hydrogens (tertiary/aromatic N) is 3. The van der Waals surface area contributed by atoms with Crippen LogP contribution in [0.5, 0.6) is 0 Å². The molecule has 1 aliphatic rings. The number of carbonyl (C=O) groups is 1. The van der Waals surface area contributed by atoms with Crippen molar-refractivity contribution >= 4 is 11.9 Å². The van der Waals surface area contributed by atoms with E-state index in [-0.39, 0.29) is 23.8 Å². The number of aliphatic imine (C=N–C) groups is 1. The van der Waals surface area contributed by atoms with E-state index in [0.717, 1.165) is 18.5 Å². The Balaban J connectivity index is 1.92. The summed E-state index contributed by atoms with van der Waals surface area (Å²) in [5.41, 5.74) is 0.915. The molecule has 1 amide bonds. The zero-order valence-electron chi connectivity index (χ0n) is 16.1. The highest BCUT2D eigenvalue weighted by molar-refractivity contribution is 5.80. The summed E-state index contributed by atoms with van der Waals surface area (Å²) in [5, 5.41) is 6.71. The van der Waals surface area contributed by atoms with Crippen molar-refractivity contribution in [2.45, 2.75) is 31.8 Å². The first-order valence-electron chi connectivity index (χ1n) is 9.11. The lowest BCUT2D eigenvalue weighted by Crippen LogP contribution is -2.47. The number of guanidine groups is 1. The van der Waals surface area contributed by atoms with Crippen LogP contribution in [0.2, 0.25) is 0 Å². The largest absolute Gasteiger partial charge is 0.354 e. The summed E-state index contributed by atoms with van der Waals surface area (Å²) < 4.78 is 13.6. The highest BCUT2D eigenvalue weighted by Gasteiger charge is 2.26. The average Bonchev–Trinajstić information content (AvgIpc) is 3.08. The van der Waals surface area contributed by atoms with Crippen LogP contribution >= 0.6 is 0 Å². The lowest BCUT2D eigenvalue weighted by Gasteiger charge is -2.27. The highest BCUT2D eigenvalue weighted by Crippen LogP contribution is 2.18. The van der Waals surface area contributed by atoms with Crippen LogP contribution in [0.15, 0.2) is 29.3 Å². The summed E-state index contributed by atoms with van der Waals surface area (Å²) in [6, 6.07) is 6.89. The number of nitrogens with one attached hydrogen (secondary N) is 2. The first-order valence-corrected chi connectivity index (χ1v) is 9.11. The molecular formula is C19H30FN5O. The van der Waals surface area contributed by atoms with Crippen LogP contribution in [0.25, 0.3) is 0 Å². The average molecular weight is 363 g/mol. The van der Waals surface area contributed by atoms with E-state index in [9.17, 15) is 9.18 Å². The molecule has 0 saturated carbocycles. The van der Waals surface area contributed by atoms with Gasteiger partial charge in [-0.05, 0) is 38.2 Å². The molecule has 7 heteroatoms. The summed E-state index contributed by atoms with van der Waals surface area (Å²) in [4.78, 5) is 20.0. The second kappa shape index (κ2) is 9.52. The maximum atomic E-state index is 13.6. The van der Waals surface area contributed by atoms with Gasteiger partial charge in [0.25, 0.3) is 0 Å². The Morgan fingerprint density at radius 2 is 2.23 bits per heavy atom. The number of benzene rings is 1. The quantitative estimate of drug-likeness (QED) is 0.595. The molecule has 2 unspecified atom stereocenters. The van der Waals surface area contributed by atoms with Crippen LogP contribution in [0.4, 0.5) is 4.39 Å². The minimum Gasteiger partial charge on any atom is -0.354 e. The van der Waals surface area contributed by atoms with Gasteiger partial charge in [-0.25, -0.2) is 4.39 Å². The maximum Gasteiger partial charge on any atom is 0.222 e. The lowest BCUT2D eigenvalue weighted by molar-refractivity contribution is -0.129. The molecule has 0 bridgehead atoms. The second-order valence-electron chi connectivity index (χ2n) is 6.81. The van der Waals surface area contributed by atoms with E-state index in [4.69, 9.17) is 0 Å². The first-order chi connectivity index (χ1) is 12.4. The number of likely N-dealkylation sites (tertiary alicyclic amines) is 1. The molecule has 0 aromatic heterocycles. The molecule has 0 aliphatic carbocycles. The number of likely N-dealkylation sites (N-methyl/N-ethyl adjacent to an activating group) is 1. The van der Waals surface area contributed by atoms with Gasteiger partial charge in [0.15, 0.2) is 5.96 Å². The van der Waals surface area contributed by atoms with Gasteiger partial charge in [0.05, 0.1) is 6.04 Å². The molecule has 6 nitrogen and oxygen atoms in total. The highest BCUT2D eigenvalue weighted by atomic mass is 19.1. The van der Waals surface area contributed by atoms with Gasteiger partial charge in [-0.2, -0.15) is 0 Å². The molecular weight excluding hydrogens is 333 g/mol. The van der Waals surface area contributed by atoms with Crippen molar-refractivity contribution in [2.24, 2.45) is 4.99 Å². The molecule has 1 aromatic carbocycles. The molecule has 0 radical (unpaired) electrons. The van der Waals surface area contributed by atoms with E-state index in [2.05, 4.69) is 15.6 Å². The van der Waals surface area contributed by atoms with Gasteiger partial charge in [0.2, 0.25) is 5.91 Å². The van der Waals surface area contributed by atoms with Crippen molar-refractivity contribution in [1.82, 2.24) is 20.4 Å². The van der Waals surface area contributed by atoms with Gasteiger partial charge in [-0.3, -0.25) is 9.79 Å². The smallest absolute Gasteiger partial charge is 0.222 e. The summed E-state index contributed by atoms with van der Waals surface area (Å²) in [6.07, 6.45) is 1.45. The number of hydrogen-bond acceptors (Lipinski definition) is 3. The van der Waals surface area contributed by atoms with E-state index in [0.29, 0.717) is 25.5 Å². The molecule has 2 atom stereocenters. The molecule has 26 heavy (non-hydrogen) atoms. The predicted octanol–water partition coefficient (Wildman–Crippen LogP) is 1.60. The molecule has 1 heterocycles. The van der Waals surface area contributed by atoms with Crippen LogP contribution < -0.4 is 10.6 Å². The third-order valence-corrected chi connectivity index (χ3v) is 4.73. The Labute approximate surface area is 155 Å². The molecule has 1 fully saturated rings. The number of hydrogen-bond donors (Lipinski definition) is 2. The number of carbonyl (C=O) groups excluding carboxylic acids is 1. The van der Waals surface area contributed by atoms with Crippen molar-refractivity contribution in [3.63, 3.8) is 0 Å². The fourth-order valence-electron chi connectivity index (χ4n) is 3.22. The van der Waals surface area contributed by atoms with Gasteiger partial charge >= 0.3 is 0 Å². The number of amides is 1. The third-order valence-electron chi connectivity index (χ3n) is 4.73. The summed E-state index contributed by atoms with van der Waals surface area (Å²) in [6.45, 7) is 3.97. The molecule has 0 spiro atoms. The molecule has 2 N–H and O–H groups in total. The Bertz CT molecular complexity index is 634. The molecule has 1 saturated heterocycles. The maximum absolute atomic E-state index is 13.6. The Morgan fingerprint density at radius 1 is 1.46 bits per heavy atom. The summed E-state index contributed by atoms with van der Waals surface area (Å²) in [7, 11) is 5.67. The Hall–Kier alpha value is -2.15. The topological polar surface area (TPSA) is 60.0 Å². The van der Waals surface area contributed by atoms with Gasteiger partial charge in [-0.15, -0.1) is 0 Å². The minimum absolute atomic E-state index is 0.0194. The monoisotopic (exact) mass is 363 g/mol. The van der Waals surface area contributed by atoms with Crippen molar-refractivity contribution in [3.8, 4) is 0 Å². The summed E-state index contributed by atoms with van der Waals surface area (Å²) >= 11 is 0. The van der Waals surface area contributed by atoms with E-state index >= 15 is 0 Å². The fraction of sp³-hybridized carbons (Fsp3) is 0.579. The molecule has 2 rings (SSSR count). The second-order valence-corrected chi connectivity index (χ2v) is 6.81. The molecule has 1 aromatic rings. The van der Waals surface area contributed by atoms with E-state index in [1.807, 2.05) is 36.9 Å². The SMILES string of the molecule is CCC(=O)N1CCC(NC(=NC)NCC(c2cccc(F)c2)N(C)C)C1. The number of rotatable bonds is 6. The number of halogens is 1. The Morgan fingerprint density at radius 3 is 2.85 bits per heavy atom. The lowest BCUT2D eigenvalue weighted by atomic mass is 10.1. The fourth-order valence-corrected chi connectivity index (χ4v) is 3.22. The van der Waals surface area contributed by atoms with Crippen molar-refractivity contribution < 1.29 is 9.18 Å². The summed E-state index contributed by atoms with van der Waals surface area (Å²) in [5.74, 6) is 0.656. The van der Waals surface area contributed by atoms with Gasteiger partial charge < -0.3 is 20.4 Å². The van der Waals surface area contributed by atoms with Crippen molar-refractivity contribution in [3.05, 3.63) is 35.6 Å². The van der Waals surface area contributed by atoms with E-state index < -0.39 is 0 Å². The van der Waals surface area contributed by atoms with Crippen LogP contribution in [-0.4, -0.2) is 68.5 Å². The van der Waals surface area contributed by atoms with Gasteiger partial charge in [0.1, 0.15) is 5.82 Å². The standard InChI is InChI=1S/C19H30FN5O/c1-5-18(26)25-10-9-16(13-25)23-19(21-2)22-12-17(24(3)4)14-7-6-8-15(20)11-14/h6-8,11,16-17H,5,9-10,12-13H2,1-4H3,(H2,21,22,23). The van der Waals surface area contributed by atoms with Gasteiger partial charge in [0, 0.05) is 39.1 Å². The minimum atomic E-state index is -0.233. The van der Waals surface area contributed by atoms with E-state index in [1.54, 1.807) is 19.2 Å². The normalized spacial score (nSPS) is 18.9. The van der Waals surface area contributed by atoms with Crippen LogP contribution in [-0.2, 0) is 4.79 Å². The van der Waals surface area contributed by atoms with Crippen molar-refractivity contribution in [2.75, 3.05) is 40.8 Å². The van der Waals surface area contributed by atoms with Crippen LogP contribution in [0, 0.1) is 5.82 Å². The van der Waals surface area contributed by atoms with Crippen LogP contribution in [0.3, 0.4) is 0 Å². The van der Waals surface area contributed by atoms with Crippen LogP contribution in [0.1, 0.15) is 31.4 Å². The zero-order valence-corrected chi connectivity index (χ0v) is 16.1. The zero-order chi connectivity index (χ0) is 19.1. The molecule has 1 aliphatic heterocycles. The predicted molar refractivity (Wildman–Crippen MR) is 103 cm³/mol. The first kappa shape index (κ1) is 20.2. The van der Waals surface area contributed by atoms with Gasteiger partial charge in [-0.1, -0.05) is 19.1 Å². The Kier molecular flexibility index (Phi) is 7.38. The molecule has 144 valence electrons.